The average Bonchev–Trinajstić information content (AvgIpc) is 3.09. The predicted octanol–water partition coefficient (Wildman–Crippen LogP) is 0.786. The first-order valence-corrected chi connectivity index (χ1v) is 20.6. The van der Waals surface area contributed by atoms with Crippen LogP contribution in [0.25, 0.3) is 0 Å². The number of hydrogen-bond donors (Lipinski definition) is 7. The van der Waals surface area contributed by atoms with Crippen molar-refractivity contribution in [3.8, 4) is 12.0 Å². The van der Waals surface area contributed by atoms with Gasteiger partial charge in [-0.1, -0.05) is 26.7 Å². The average molecular weight is 773 g/mol. The van der Waals surface area contributed by atoms with Gasteiger partial charge in [-0.3, -0.25) is 19.2 Å². The minimum absolute atomic E-state index is 0.0788. The molecule has 12 nitrogen and oxygen atoms in total. The molecule has 3 atom stereocenters. The fourth-order valence-electron chi connectivity index (χ4n) is 3.42. The number of carbonyl (C=O) groups excluding carboxylic acids is 4. The van der Waals surface area contributed by atoms with Crippen LogP contribution in [-0.2, 0) is 19.2 Å². The van der Waals surface area contributed by atoms with Crippen LogP contribution in [0.1, 0.15) is 40.5 Å². The number of aliphatic hydroxyl groups is 4. The minimum atomic E-state index is -0.754. The molecule has 16 heteroatoms. The molecule has 0 bridgehead atoms. The number of rotatable bonds is 23. The highest BCUT2D eigenvalue weighted by Crippen LogP contribution is 2.10. The molecule has 6 N–H and O–H groups in total. The largest absolute Gasteiger partial charge is 0.394 e. The Morgan fingerprint density at radius 3 is 1.54 bits per heavy atom. The molecule has 0 spiro atoms. The van der Waals surface area contributed by atoms with Gasteiger partial charge >= 0.3 is 0 Å². The van der Waals surface area contributed by atoms with Gasteiger partial charge in [0.2, 0.25) is 23.6 Å². The van der Waals surface area contributed by atoms with Gasteiger partial charge in [-0.05, 0) is 63.6 Å². The van der Waals surface area contributed by atoms with E-state index in [4.69, 9.17) is 27.3 Å². The number of thiol groups is 1. The number of thioether (sulfide) groups is 1. The summed E-state index contributed by atoms with van der Waals surface area (Å²) in [4.78, 5) is 50.8. The normalized spacial score (nSPS) is 11.7. The Labute approximate surface area is 313 Å². The van der Waals surface area contributed by atoms with Crippen LogP contribution < -0.4 is 10.6 Å². The highest BCUT2D eigenvalue weighted by Gasteiger charge is 2.17. The van der Waals surface area contributed by atoms with E-state index in [0.29, 0.717) is 91.2 Å². The third kappa shape index (κ3) is 29.4. The van der Waals surface area contributed by atoms with E-state index < -0.39 is 12.2 Å². The van der Waals surface area contributed by atoms with E-state index >= 15 is 0 Å². The van der Waals surface area contributed by atoms with Gasteiger partial charge in [-0.15, -0.1) is 0 Å². The monoisotopic (exact) mass is 772 g/mol. The number of aliphatic hydroxyl groups excluding tert-OH is 4. The summed E-state index contributed by atoms with van der Waals surface area (Å²) in [6, 6.07) is 12.7. The summed E-state index contributed by atoms with van der Waals surface area (Å²) in [6.45, 7) is 20.2. The Morgan fingerprint density at radius 2 is 1.20 bits per heavy atom. The number of hydrogen-bond acceptors (Lipinski definition) is 10. The van der Waals surface area contributed by atoms with Crippen LogP contribution in [0.2, 0.25) is 12.1 Å². The molecule has 284 valence electrons. The Balaban J connectivity index is -0.000000778. The van der Waals surface area contributed by atoms with Gasteiger partial charge in [-0.25, -0.2) is 0 Å². The van der Waals surface area contributed by atoms with E-state index in [1.807, 2.05) is 6.92 Å². The van der Waals surface area contributed by atoms with E-state index in [1.165, 1.54) is 11.8 Å². The Bertz CT molecular complexity index is 1140. The molecule has 0 aliphatic rings. The Kier molecular flexibility index (Phi) is 35.1. The first kappa shape index (κ1) is 52.0. The lowest BCUT2D eigenvalue weighted by Gasteiger charge is -2.23. The second-order valence-corrected chi connectivity index (χ2v) is 14.6. The molecule has 0 saturated carbocycles. The number of carbonyl (C=O) groups is 4. The lowest BCUT2D eigenvalue weighted by atomic mass is 10.2. The molecule has 0 aromatic carbocycles. The van der Waals surface area contributed by atoms with Crippen LogP contribution in [0, 0.1) is 17.9 Å². The van der Waals surface area contributed by atoms with E-state index in [-0.39, 0.29) is 42.8 Å². The molecule has 0 aromatic rings. The topological polar surface area (TPSA) is 180 Å². The molecule has 0 aliphatic carbocycles. The van der Waals surface area contributed by atoms with Gasteiger partial charge in [0.25, 0.3) is 0 Å². The van der Waals surface area contributed by atoms with Crippen molar-refractivity contribution < 1.29 is 39.6 Å². The minimum Gasteiger partial charge on any atom is -0.394 e. The van der Waals surface area contributed by atoms with E-state index in [2.05, 4.69) is 43.0 Å². The summed E-state index contributed by atoms with van der Waals surface area (Å²) in [5.41, 5.74) is 1.44. The maximum absolute atomic E-state index is 12.1. The van der Waals surface area contributed by atoms with Gasteiger partial charge in [0.05, 0.1) is 25.4 Å². The summed E-state index contributed by atoms with van der Waals surface area (Å²) in [7, 11) is 0.770. The van der Waals surface area contributed by atoms with Crippen LogP contribution >= 0.6 is 24.4 Å². The summed E-state index contributed by atoms with van der Waals surface area (Å²) >= 11 is 5.11. The molecule has 50 heavy (non-hydrogen) atoms. The van der Waals surface area contributed by atoms with Crippen molar-refractivity contribution in [2.75, 3.05) is 69.7 Å². The van der Waals surface area contributed by atoms with Crippen molar-refractivity contribution in [3.63, 3.8) is 0 Å². The van der Waals surface area contributed by atoms with E-state index in [9.17, 15) is 24.3 Å². The maximum Gasteiger partial charge on any atom is 0.248 e. The van der Waals surface area contributed by atoms with Crippen molar-refractivity contribution in [2.45, 2.75) is 64.8 Å². The summed E-state index contributed by atoms with van der Waals surface area (Å²) in [5, 5.41) is 40.0. The molecule has 0 radical (unpaired) electrons. The Morgan fingerprint density at radius 1 is 0.760 bits per heavy atom. The van der Waals surface area contributed by atoms with E-state index in [1.54, 1.807) is 30.6 Å². The molecule has 0 heterocycles. The third-order valence-electron chi connectivity index (χ3n) is 6.30. The van der Waals surface area contributed by atoms with Crippen molar-refractivity contribution in [3.05, 3.63) is 36.5 Å². The second kappa shape index (κ2) is 33.8. The van der Waals surface area contributed by atoms with Crippen molar-refractivity contribution in [2.24, 2.45) is 5.92 Å². The lowest BCUT2D eigenvalue weighted by molar-refractivity contribution is -0.128. The zero-order chi connectivity index (χ0) is 39.1. The quantitative estimate of drug-likeness (QED) is 0.0342. The van der Waals surface area contributed by atoms with Gasteiger partial charge in [0.1, 0.15) is 0 Å². The van der Waals surface area contributed by atoms with Crippen LogP contribution in [0.15, 0.2) is 36.5 Å². The number of nitrogens with one attached hydrogen (secondary N) is 2. The van der Waals surface area contributed by atoms with Gasteiger partial charge < -0.3 is 40.9 Å². The number of amides is 4. The van der Waals surface area contributed by atoms with Crippen LogP contribution in [0.3, 0.4) is 0 Å². The van der Waals surface area contributed by atoms with Crippen molar-refractivity contribution >= 4 is 65.9 Å². The summed E-state index contributed by atoms with van der Waals surface area (Å²) < 4.78 is 0. The Hall–Kier alpha value is -2.37. The van der Waals surface area contributed by atoms with Gasteiger partial charge in [0, 0.05) is 79.2 Å². The zero-order valence-corrected chi connectivity index (χ0v) is 34.0. The first-order chi connectivity index (χ1) is 23.5. The molecule has 0 aromatic heterocycles. The van der Waals surface area contributed by atoms with Crippen LogP contribution in [-0.4, -0.2) is 154 Å². The first-order valence-electron chi connectivity index (χ1n) is 16.3. The summed E-state index contributed by atoms with van der Waals surface area (Å²) in [5.74, 6) is 0.631. The highest BCUT2D eigenvalue weighted by molar-refractivity contribution is 7.99. The third-order valence-corrected chi connectivity index (χ3v) is 9.36. The fraction of sp³-hybridized carbons (Fsp3) is 0.647. The maximum atomic E-state index is 12.1. The van der Waals surface area contributed by atoms with E-state index in [0.717, 1.165) is 24.9 Å². The molecule has 3 unspecified atom stereocenters. The molecule has 0 rings (SSSR count). The predicted molar refractivity (Wildman–Crippen MR) is 210 cm³/mol. The van der Waals surface area contributed by atoms with Gasteiger partial charge in [0.15, 0.2) is 0 Å². The molecule has 4 amide bonds. The van der Waals surface area contributed by atoms with Gasteiger partial charge in [-0.2, -0.15) is 36.4 Å². The second-order valence-electron chi connectivity index (χ2n) is 11.4. The van der Waals surface area contributed by atoms with Crippen molar-refractivity contribution in [1.82, 2.24) is 20.4 Å². The fourth-order valence-corrected chi connectivity index (χ4v) is 5.28. The summed E-state index contributed by atoms with van der Waals surface area (Å²) in [6.07, 6.45) is 0.300. The number of nitrogens with zero attached hydrogens (tertiary/aromatic N) is 2. The van der Waals surface area contributed by atoms with Crippen molar-refractivity contribution in [1.29, 1.82) is 0 Å². The zero-order valence-electron chi connectivity index (χ0n) is 30.3. The van der Waals surface area contributed by atoms with Crippen LogP contribution in [0.5, 0.6) is 0 Å². The molecular formula is C34H60N4O8S2Si2. The smallest absolute Gasteiger partial charge is 0.248 e. The highest BCUT2D eigenvalue weighted by atomic mass is 32.2. The lowest BCUT2D eigenvalue weighted by Crippen LogP contribution is -2.41. The van der Waals surface area contributed by atoms with Crippen LogP contribution in [0.4, 0.5) is 0 Å². The molecule has 0 fully saturated rings. The molecule has 0 aliphatic heterocycles. The SMILES string of the molecule is C#[Si]CCCN(CCNC(=O)C(=C)C)C(=O)C(=C)C.C#[Si]CCCN(CCNC(=O)C(C)CSCC(O)CO)C(=O)C(=C)C.OCC(O)CS. The molecule has 0 saturated heterocycles. The molecular weight excluding hydrogens is 713 g/mol. The standard InChI is InChI=1S/C17H30N2O4SSi.C14H22N2O2Si.C3H8O2S/c1-13(2)17(23)19(7-5-9-25-4)8-6-18-16(22)14(3)11-24-12-15(21)10-20;1-11(2)13(17)15-7-9-16(8-6-10-19-5)14(18)12(3)4;4-1-3(5)2-6/h4,14-15,20-21H,1,5-12H2,2-3H3,(H,18,22);5H,1,3,6-10H2,2,4H3,(H,15,17);3-6H,1-2H2.